The Bertz CT molecular complexity index is 596. The van der Waals surface area contributed by atoms with Gasteiger partial charge in [0.1, 0.15) is 18.1 Å². The molecule has 0 spiro atoms. The minimum Gasteiger partial charge on any atom is -0.493 e. The molecule has 4 nitrogen and oxygen atoms in total. The number of benzene rings is 2. The van der Waals surface area contributed by atoms with E-state index in [0.717, 1.165) is 30.3 Å². The van der Waals surface area contributed by atoms with E-state index in [9.17, 15) is 0 Å². The lowest BCUT2D eigenvalue weighted by molar-refractivity contribution is 0.146. The third kappa shape index (κ3) is 6.50. The van der Waals surface area contributed by atoms with Crippen LogP contribution in [0.2, 0.25) is 0 Å². The first-order chi connectivity index (χ1) is 11.7. The fraction of sp³-hybridized carbons (Fsp3) is 0.400. The fourth-order valence-electron chi connectivity index (χ4n) is 2.11. The summed E-state index contributed by atoms with van der Waals surface area (Å²) >= 11 is 0. The summed E-state index contributed by atoms with van der Waals surface area (Å²) in [7, 11) is 1.67. The average Bonchev–Trinajstić information content (AvgIpc) is 2.60. The summed E-state index contributed by atoms with van der Waals surface area (Å²) in [6, 6.07) is 16.2. The SMILES string of the molecule is COCCOc1cccc(NCc2ccc(OCC(C)C)cc2)c1. The molecule has 0 radical (unpaired) electrons. The van der Waals surface area contributed by atoms with Gasteiger partial charge >= 0.3 is 0 Å². The minimum atomic E-state index is 0.532. The third-order valence-corrected chi connectivity index (χ3v) is 3.39. The van der Waals surface area contributed by atoms with E-state index in [1.54, 1.807) is 7.11 Å². The molecule has 0 bridgehead atoms. The highest BCUT2D eigenvalue weighted by Crippen LogP contribution is 2.19. The highest BCUT2D eigenvalue weighted by atomic mass is 16.5. The molecular weight excluding hydrogens is 302 g/mol. The molecule has 0 unspecified atom stereocenters. The quantitative estimate of drug-likeness (QED) is 0.658. The summed E-state index contributed by atoms with van der Waals surface area (Å²) in [6.45, 7) is 6.93. The van der Waals surface area contributed by atoms with Crippen LogP contribution < -0.4 is 14.8 Å². The van der Waals surface area contributed by atoms with Crippen molar-refractivity contribution in [2.75, 3.05) is 32.2 Å². The van der Waals surface area contributed by atoms with Crippen molar-refractivity contribution < 1.29 is 14.2 Å². The Morgan fingerprint density at radius 2 is 1.71 bits per heavy atom. The Balaban J connectivity index is 1.83. The van der Waals surface area contributed by atoms with Gasteiger partial charge in [-0.25, -0.2) is 0 Å². The molecule has 0 saturated heterocycles. The maximum atomic E-state index is 5.70. The summed E-state index contributed by atoms with van der Waals surface area (Å²) in [5.74, 6) is 2.29. The first-order valence-electron chi connectivity index (χ1n) is 8.35. The van der Waals surface area contributed by atoms with Gasteiger partial charge in [-0.15, -0.1) is 0 Å². The lowest BCUT2D eigenvalue weighted by Crippen LogP contribution is -2.05. The molecule has 0 aliphatic rings. The molecule has 0 saturated carbocycles. The maximum Gasteiger partial charge on any atom is 0.121 e. The van der Waals surface area contributed by atoms with Gasteiger partial charge in [0.25, 0.3) is 0 Å². The van der Waals surface area contributed by atoms with Crippen LogP contribution in [0.15, 0.2) is 48.5 Å². The molecule has 0 heterocycles. The van der Waals surface area contributed by atoms with Crippen LogP contribution in [0.4, 0.5) is 5.69 Å². The molecule has 2 aromatic carbocycles. The Kier molecular flexibility index (Phi) is 7.43. The second-order valence-corrected chi connectivity index (χ2v) is 6.07. The second-order valence-electron chi connectivity index (χ2n) is 6.07. The number of ether oxygens (including phenoxy) is 3. The van der Waals surface area contributed by atoms with E-state index in [1.807, 2.05) is 36.4 Å². The number of methoxy groups -OCH3 is 1. The summed E-state index contributed by atoms with van der Waals surface area (Å²) in [4.78, 5) is 0. The Morgan fingerprint density at radius 3 is 2.42 bits per heavy atom. The standard InChI is InChI=1S/C20H27NO3/c1-16(2)15-24-19-9-7-17(8-10-19)14-21-18-5-4-6-20(13-18)23-12-11-22-3/h4-10,13,16,21H,11-12,14-15H2,1-3H3. The summed E-state index contributed by atoms with van der Waals surface area (Å²) in [5.41, 5.74) is 2.24. The van der Waals surface area contributed by atoms with Gasteiger partial charge in [0.15, 0.2) is 0 Å². The van der Waals surface area contributed by atoms with E-state index in [2.05, 4.69) is 31.3 Å². The molecule has 24 heavy (non-hydrogen) atoms. The van der Waals surface area contributed by atoms with Gasteiger partial charge in [-0.3, -0.25) is 0 Å². The van der Waals surface area contributed by atoms with Gasteiger partial charge in [-0.1, -0.05) is 32.0 Å². The molecule has 2 aromatic rings. The van der Waals surface area contributed by atoms with Gasteiger partial charge in [-0.2, -0.15) is 0 Å². The highest BCUT2D eigenvalue weighted by molar-refractivity contribution is 5.48. The maximum absolute atomic E-state index is 5.70. The zero-order valence-corrected chi connectivity index (χ0v) is 14.7. The number of anilines is 1. The Labute approximate surface area is 144 Å². The molecule has 0 aromatic heterocycles. The van der Waals surface area contributed by atoms with Gasteiger partial charge in [-0.05, 0) is 35.7 Å². The predicted octanol–water partition coefficient (Wildman–Crippen LogP) is 4.36. The molecule has 1 N–H and O–H groups in total. The summed E-state index contributed by atoms with van der Waals surface area (Å²) < 4.78 is 16.3. The number of nitrogens with one attached hydrogen (secondary N) is 1. The topological polar surface area (TPSA) is 39.7 Å². The molecule has 0 fully saturated rings. The van der Waals surface area contributed by atoms with Gasteiger partial charge < -0.3 is 19.5 Å². The molecule has 2 rings (SSSR count). The Hall–Kier alpha value is -2.20. The number of hydrogen-bond acceptors (Lipinski definition) is 4. The smallest absolute Gasteiger partial charge is 0.121 e. The lowest BCUT2D eigenvalue weighted by Gasteiger charge is -2.11. The predicted molar refractivity (Wildman–Crippen MR) is 97.9 cm³/mol. The van der Waals surface area contributed by atoms with Gasteiger partial charge in [0.2, 0.25) is 0 Å². The minimum absolute atomic E-state index is 0.532. The van der Waals surface area contributed by atoms with E-state index in [-0.39, 0.29) is 0 Å². The average molecular weight is 329 g/mol. The monoisotopic (exact) mass is 329 g/mol. The molecule has 0 atom stereocenters. The molecule has 0 aliphatic heterocycles. The normalized spacial score (nSPS) is 10.7. The van der Waals surface area contributed by atoms with Crippen LogP contribution in [0.1, 0.15) is 19.4 Å². The van der Waals surface area contributed by atoms with Crippen molar-refractivity contribution in [2.45, 2.75) is 20.4 Å². The van der Waals surface area contributed by atoms with Crippen molar-refractivity contribution >= 4 is 5.69 Å². The van der Waals surface area contributed by atoms with Crippen molar-refractivity contribution in [3.8, 4) is 11.5 Å². The second kappa shape index (κ2) is 9.83. The molecule has 0 aliphatic carbocycles. The summed E-state index contributed by atoms with van der Waals surface area (Å²) in [5, 5.41) is 3.41. The van der Waals surface area contributed by atoms with Crippen molar-refractivity contribution in [1.82, 2.24) is 0 Å². The lowest BCUT2D eigenvalue weighted by atomic mass is 10.2. The van der Waals surface area contributed by atoms with Crippen LogP contribution in [0, 0.1) is 5.92 Å². The molecule has 0 amide bonds. The van der Waals surface area contributed by atoms with Crippen LogP contribution in [0.5, 0.6) is 11.5 Å². The van der Waals surface area contributed by atoms with Crippen molar-refractivity contribution in [3.05, 3.63) is 54.1 Å². The van der Waals surface area contributed by atoms with Gasteiger partial charge in [0, 0.05) is 25.4 Å². The van der Waals surface area contributed by atoms with E-state index in [1.165, 1.54) is 5.56 Å². The van der Waals surface area contributed by atoms with E-state index in [0.29, 0.717) is 19.1 Å². The largest absolute Gasteiger partial charge is 0.493 e. The van der Waals surface area contributed by atoms with Crippen LogP contribution in [0.25, 0.3) is 0 Å². The third-order valence-electron chi connectivity index (χ3n) is 3.39. The molecule has 130 valence electrons. The van der Waals surface area contributed by atoms with Crippen molar-refractivity contribution in [1.29, 1.82) is 0 Å². The van der Waals surface area contributed by atoms with Crippen LogP contribution in [-0.4, -0.2) is 26.9 Å². The van der Waals surface area contributed by atoms with E-state index in [4.69, 9.17) is 14.2 Å². The van der Waals surface area contributed by atoms with E-state index >= 15 is 0 Å². The van der Waals surface area contributed by atoms with Crippen LogP contribution in [0.3, 0.4) is 0 Å². The van der Waals surface area contributed by atoms with E-state index < -0.39 is 0 Å². The van der Waals surface area contributed by atoms with Crippen molar-refractivity contribution in [3.63, 3.8) is 0 Å². The Morgan fingerprint density at radius 1 is 0.917 bits per heavy atom. The van der Waals surface area contributed by atoms with Crippen LogP contribution in [-0.2, 0) is 11.3 Å². The fourth-order valence-corrected chi connectivity index (χ4v) is 2.11. The molecular formula is C20H27NO3. The summed E-state index contributed by atoms with van der Waals surface area (Å²) in [6.07, 6.45) is 0. The first kappa shape index (κ1) is 18.1. The zero-order valence-electron chi connectivity index (χ0n) is 14.7. The first-order valence-corrected chi connectivity index (χ1v) is 8.35. The van der Waals surface area contributed by atoms with Crippen molar-refractivity contribution in [2.24, 2.45) is 5.92 Å². The van der Waals surface area contributed by atoms with Gasteiger partial charge in [0.05, 0.1) is 13.2 Å². The van der Waals surface area contributed by atoms with Crippen LogP contribution >= 0.6 is 0 Å². The highest BCUT2D eigenvalue weighted by Gasteiger charge is 2.00. The zero-order chi connectivity index (χ0) is 17.2. The molecule has 4 heteroatoms. The number of rotatable bonds is 10. The number of hydrogen-bond donors (Lipinski definition) is 1.